The number of aromatic amines is 1. The van der Waals surface area contributed by atoms with Crippen molar-refractivity contribution < 1.29 is 4.79 Å². The number of carbonyl (C=O) groups is 1. The first kappa shape index (κ1) is 13.1. The molecule has 0 saturated carbocycles. The van der Waals surface area contributed by atoms with Gasteiger partial charge in [-0.1, -0.05) is 31.2 Å². The third-order valence-electron chi connectivity index (χ3n) is 2.75. The van der Waals surface area contributed by atoms with Crippen LogP contribution in [0.15, 0.2) is 36.5 Å². The molecule has 19 heavy (non-hydrogen) atoms. The molecular formula is C14H18N4O. The van der Waals surface area contributed by atoms with Crippen LogP contribution in [0.5, 0.6) is 0 Å². The summed E-state index contributed by atoms with van der Waals surface area (Å²) in [6.45, 7) is 3.25. The minimum atomic E-state index is -0.125. The van der Waals surface area contributed by atoms with E-state index in [0.717, 1.165) is 23.2 Å². The lowest BCUT2D eigenvalue weighted by Crippen LogP contribution is -2.35. The van der Waals surface area contributed by atoms with E-state index in [1.165, 1.54) is 0 Å². The summed E-state index contributed by atoms with van der Waals surface area (Å²) >= 11 is 0. The predicted octanol–water partition coefficient (Wildman–Crippen LogP) is 2.29. The summed E-state index contributed by atoms with van der Waals surface area (Å²) in [7, 11) is 0. The van der Waals surface area contributed by atoms with Gasteiger partial charge in [-0.3, -0.25) is 5.10 Å². The van der Waals surface area contributed by atoms with Gasteiger partial charge in [-0.15, -0.1) is 0 Å². The average molecular weight is 258 g/mol. The van der Waals surface area contributed by atoms with Gasteiger partial charge in [-0.2, -0.15) is 5.10 Å². The fourth-order valence-electron chi connectivity index (χ4n) is 1.70. The number of carbonyl (C=O) groups excluding carboxylic acids is 1. The topological polar surface area (TPSA) is 69.8 Å². The zero-order valence-corrected chi connectivity index (χ0v) is 10.9. The van der Waals surface area contributed by atoms with Crippen LogP contribution < -0.4 is 10.6 Å². The number of hydrogen-bond acceptors (Lipinski definition) is 2. The van der Waals surface area contributed by atoms with E-state index in [-0.39, 0.29) is 6.03 Å². The van der Waals surface area contributed by atoms with Crippen molar-refractivity contribution in [2.45, 2.75) is 19.9 Å². The van der Waals surface area contributed by atoms with E-state index >= 15 is 0 Å². The molecule has 5 heteroatoms. The Labute approximate surface area is 112 Å². The van der Waals surface area contributed by atoms with Gasteiger partial charge in [0.25, 0.3) is 0 Å². The van der Waals surface area contributed by atoms with Crippen LogP contribution in [-0.4, -0.2) is 22.8 Å². The number of aromatic nitrogens is 2. The van der Waals surface area contributed by atoms with Crippen molar-refractivity contribution >= 4 is 6.03 Å². The second-order valence-corrected chi connectivity index (χ2v) is 4.28. The van der Waals surface area contributed by atoms with Gasteiger partial charge in [-0.05, 0) is 23.6 Å². The zero-order chi connectivity index (χ0) is 13.5. The van der Waals surface area contributed by atoms with Crippen molar-refractivity contribution in [3.8, 4) is 11.3 Å². The Hall–Kier alpha value is -2.30. The van der Waals surface area contributed by atoms with Gasteiger partial charge in [0, 0.05) is 19.3 Å². The van der Waals surface area contributed by atoms with E-state index in [4.69, 9.17) is 0 Å². The summed E-state index contributed by atoms with van der Waals surface area (Å²) in [6.07, 6.45) is 2.66. The number of nitrogens with one attached hydrogen (secondary N) is 3. The van der Waals surface area contributed by atoms with Crippen molar-refractivity contribution in [2.24, 2.45) is 0 Å². The highest BCUT2D eigenvalue weighted by molar-refractivity contribution is 5.73. The van der Waals surface area contributed by atoms with Gasteiger partial charge in [0.15, 0.2) is 0 Å². The largest absolute Gasteiger partial charge is 0.338 e. The SMILES string of the molecule is CCCNC(=O)NCc1ccc(-c2ccn[nH]2)cc1. The molecule has 0 bridgehead atoms. The third kappa shape index (κ3) is 3.84. The Kier molecular flexibility index (Phi) is 4.55. The molecule has 0 aliphatic rings. The van der Waals surface area contributed by atoms with Crippen LogP contribution in [0.1, 0.15) is 18.9 Å². The summed E-state index contributed by atoms with van der Waals surface area (Å²) in [6, 6.07) is 9.81. The highest BCUT2D eigenvalue weighted by Gasteiger charge is 2.01. The summed E-state index contributed by atoms with van der Waals surface area (Å²) < 4.78 is 0. The lowest BCUT2D eigenvalue weighted by atomic mass is 10.1. The second-order valence-electron chi connectivity index (χ2n) is 4.28. The molecule has 0 unspecified atom stereocenters. The van der Waals surface area contributed by atoms with Gasteiger partial charge in [0.2, 0.25) is 0 Å². The number of rotatable bonds is 5. The van der Waals surface area contributed by atoms with E-state index in [0.29, 0.717) is 13.1 Å². The standard InChI is InChI=1S/C14H18N4O/c1-2-8-15-14(19)16-10-11-3-5-12(6-4-11)13-7-9-17-18-13/h3-7,9H,2,8,10H2,1H3,(H,17,18)(H2,15,16,19). The van der Waals surface area contributed by atoms with E-state index in [1.807, 2.05) is 37.3 Å². The summed E-state index contributed by atoms with van der Waals surface area (Å²) in [4.78, 5) is 11.4. The van der Waals surface area contributed by atoms with Gasteiger partial charge >= 0.3 is 6.03 Å². The summed E-state index contributed by atoms with van der Waals surface area (Å²) in [5, 5.41) is 12.4. The van der Waals surface area contributed by atoms with Crippen LogP contribution >= 0.6 is 0 Å². The molecule has 3 N–H and O–H groups in total. The molecule has 2 rings (SSSR count). The quantitative estimate of drug-likeness (QED) is 0.770. The monoisotopic (exact) mass is 258 g/mol. The minimum absolute atomic E-state index is 0.125. The molecule has 0 aliphatic heterocycles. The molecule has 1 aromatic heterocycles. The van der Waals surface area contributed by atoms with E-state index in [2.05, 4.69) is 20.8 Å². The Bertz CT molecular complexity index is 505. The van der Waals surface area contributed by atoms with Crippen molar-refractivity contribution in [1.29, 1.82) is 0 Å². The fraction of sp³-hybridized carbons (Fsp3) is 0.286. The molecule has 0 saturated heterocycles. The first-order chi connectivity index (χ1) is 9.29. The van der Waals surface area contributed by atoms with Crippen LogP contribution in [0, 0.1) is 0 Å². The van der Waals surface area contributed by atoms with Crippen LogP contribution in [0.4, 0.5) is 4.79 Å². The number of amides is 2. The molecule has 5 nitrogen and oxygen atoms in total. The molecule has 1 heterocycles. The fourth-order valence-corrected chi connectivity index (χ4v) is 1.70. The maximum Gasteiger partial charge on any atom is 0.315 e. The average Bonchev–Trinajstić information content (AvgIpc) is 2.97. The molecule has 0 radical (unpaired) electrons. The number of nitrogens with zero attached hydrogens (tertiary/aromatic N) is 1. The molecule has 2 amide bonds. The molecule has 0 atom stereocenters. The summed E-state index contributed by atoms with van der Waals surface area (Å²) in [5.41, 5.74) is 3.13. The first-order valence-electron chi connectivity index (χ1n) is 6.40. The molecule has 1 aromatic carbocycles. The Morgan fingerprint density at radius 3 is 2.63 bits per heavy atom. The smallest absolute Gasteiger partial charge is 0.315 e. The van der Waals surface area contributed by atoms with Crippen LogP contribution in [-0.2, 0) is 6.54 Å². The van der Waals surface area contributed by atoms with E-state index in [9.17, 15) is 4.79 Å². The Balaban J connectivity index is 1.87. The van der Waals surface area contributed by atoms with Gasteiger partial charge in [0.05, 0.1) is 5.69 Å². The molecular weight excluding hydrogens is 240 g/mol. The van der Waals surface area contributed by atoms with E-state index in [1.54, 1.807) is 6.20 Å². The maximum absolute atomic E-state index is 11.4. The van der Waals surface area contributed by atoms with E-state index < -0.39 is 0 Å². The van der Waals surface area contributed by atoms with Crippen LogP contribution in [0.25, 0.3) is 11.3 Å². The highest BCUT2D eigenvalue weighted by Crippen LogP contribution is 2.16. The lowest BCUT2D eigenvalue weighted by molar-refractivity contribution is 0.240. The first-order valence-corrected chi connectivity index (χ1v) is 6.40. The highest BCUT2D eigenvalue weighted by atomic mass is 16.2. The molecule has 0 aliphatic carbocycles. The van der Waals surface area contributed by atoms with Crippen molar-refractivity contribution in [3.05, 3.63) is 42.1 Å². The predicted molar refractivity (Wildman–Crippen MR) is 74.6 cm³/mol. The molecule has 0 fully saturated rings. The van der Waals surface area contributed by atoms with Gasteiger partial charge in [0.1, 0.15) is 0 Å². The maximum atomic E-state index is 11.4. The molecule has 100 valence electrons. The van der Waals surface area contributed by atoms with Gasteiger partial charge < -0.3 is 10.6 Å². The Morgan fingerprint density at radius 1 is 1.21 bits per heavy atom. The summed E-state index contributed by atoms with van der Waals surface area (Å²) in [5.74, 6) is 0. The number of H-pyrrole nitrogens is 1. The normalized spacial score (nSPS) is 10.2. The zero-order valence-electron chi connectivity index (χ0n) is 10.9. The van der Waals surface area contributed by atoms with Crippen molar-refractivity contribution in [1.82, 2.24) is 20.8 Å². The van der Waals surface area contributed by atoms with Crippen LogP contribution in [0.2, 0.25) is 0 Å². The Morgan fingerprint density at radius 2 is 2.00 bits per heavy atom. The number of benzene rings is 1. The molecule has 2 aromatic rings. The minimum Gasteiger partial charge on any atom is -0.338 e. The molecule has 0 spiro atoms. The van der Waals surface area contributed by atoms with Crippen LogP contribution in [0.3, 0.4) is 0 Å². The van der Waals surface area contributed by atoms with Gasteiger partial charge in [-0.25, -0.2) is 4.79 Å². The second kappa shape index (κ2) is 6.58. The lowest BCUT2D eigenvalue weighted by Gasteiger charge is -2.07. The van der Waals surface area contributed by atoms with Crippen molar-refractivity contribution in [3.63, 3.8) is 0 Å². The number of hydrogen-bond donors (Lipinski definition) is 3. The third-order valence-corrected chi connectivity index (χ3v) is 2.75. The number of urea groups is 1. The van der Waals surface area contributed by atoms with Crippen molar-refractivity contribution in [2.75, 3.05) is 6.54 Å².